The smallest absolute Gasteiger partial charge is 0.333 e. The predicted molar refractivity (Wildman–Crippen MR) is 55.9 cm³/mol. The molecule has 0 aromatic heterocycles. The van der Waals surface area contributed by atoms with Crippen LogP contribution in [0.2, 0.25) is 0 Å². The highest BCUT2D eigenvalue weighted by Crippen LogP contribution is 2.09. The summed E-state index contributed by atoms with van der Waals surface area (Å²) in [6, 6.07) is 0. The van der Waals surface area contributed by atoms with Gasteiger partial charge in [0.05, 0.1) is 0 Å². The lowest BCUT2D eigenvalue weighted by atomic mass is 10.1. The molecule has 1 unspecified atom stereocenters. The molecule has 0 saturated heterocycles. The zero-order valence-corrected chi connectivity index (χ0v) is 9.25. The predicted octanol–water partition coefficient (Wildman–Crippen LogP) is 2.05. The number of hydrogen-bond donors (Lipinski definition) is 1. The van der Waals surface area contributed by atoms with Crippen LogP contribution in [0, 0.1) is 0 Å². The van der Waals surface area contributed by atoms with Crippen LogP contribution in [-0.2, 0) is 9.53 Å². The molecule has 14 heavy (non-hydrogen) atoms. The third-order valence-electron chi connectivity index (χ3n) is 2.17. The molecule has 82 valence electrons. The van der Waals surface area contributed by atoms with Crippen LogP contribution in [0.15, 0.2) is 11.6 Å². The maximum Gasteiger partial charge on any atom is 0.333 e. The van der Waals surface area contributed by atoms with Crippen molar-refractivity contribution in [1.29, 1.82) is 0 Å². The second-order valence-electron chi connectivity index (χ2n) is 3.27. The van der Waals surface area contributed by atoms with Crippen LogP contribution >= 0.6 is 0 Å². The Labute approximate surface area is 85.8 Å². The minimum absolute atomic E-state index is 0.0652. The van der Waals surface area contributed by atoms with Crippen molar-refractivity contribution in [3.05, 3.63) is 11.6 Å². The normalized spacial score (nSPS) is 13.9. The summed E-state index contributed by atoms with van der Waals surface area (Å²) in [6.07, 6.45) is 3.88. The number of ether oxygens (including phenoxy) is 1. The van der Waals surface area contributed by atoms with Gasteiger partial charge in [0.1, 0.15) is 6.10 Å². The van der Waals surface area contributed by atoms with E-state index in [4.69, 9.17) is 9.84 Å². The Balaban J connectivity index is 3.98. The second-order valence-corrected chi connectivity index (χ2v) is 3.27. The molecule has 0 aromatic carbocycles. The minimum Gasteiger partial charge on any atom is -0.459 e. The maximum atomic E-state index is 11.4. The van der Waals surface area contributed by atoms with Gasteiger partial charge < -0.3 is 9.84 Å². The molecule has 0 aliphatic rings. The monoisotopic (exact) mass is 200 g/mol. The fraction of sp³-hybridized carbons (Fsp3) is 0.727. The molecule has 0 heterocycles. The Hall–Kier alpha value is -0.830. The molecule has 0 aliphatic carbocycles. The van der Waals surface area contributed by atoms with Crippen molar-refractivity contribution in [2.45, 2.75) is 46.1 Å². The Bertz CT molecular complexity index is 197. The molecule has 0 amide bonds. The Kier molecular flexibility index (Phi) is 7.11. The number of carbonyl (C=O) groups is 1. The van der Waals surface area contributed by atoms with Crippen LogP contribution in [-0.4, -0.2) is 23.8 Å². The average molecular weight is 200 g/mol. The zero-order chi connectivity index (χ0) is 11.0. The van der Waals surface area contributed by atoms with Crippen LogP contribution in [0.5, 0.6) is 0 Å². The van der Waals surface area contributed by atoms with E-state index in [1.165, 1.54) is 0 Å². The first kappa shape index (κ1) is 13.2. The first-order chi connectivity index (χ1) is 6.65. The minimum atomic E-state index is -0.253. The van der Waals surface area contributed by atoms with E-state index in [-0.39, 0.29) is 18.7 Å². The van der Waals surface area contributed by atoms with Gasteiger partial charge in [0, 0.05) is 12.2 Å². The number of hydrogen-bond acceptors (Lipinski definition) is 3. The van der Waals surface area contributed by atoms with Gasteiger partial charge in [-0.1, -0.05) is 13.0 Å². The molecule has 1 atom stereocenters. The summed E-state index contributed by atoms with van der Waals surface area (Å²) in [5.74, 6) is -0.253. The molecular formula is C11H20O3. The van der Waals surface area contributed by atoms with Gasteiger partial charge in [0.25, 0.3) is 0 Å². The van der Waals surface area contributed by atoms with Crippen LogP contribution < -0.4 is 0 Å². The van der Waals surface area contributed by atoms with E-state index in [9.17, 15) is 4.79 Å². The summed E-state index contributed by atoms with van der Waals surface area (Å²) in [4.78, 5) is 11.4. The lowest BCUT2D eigenvalue weighted by Gasteiger charge is -2.15. The van der Waals surface area contributed by atoms with Crippen molar-refractivity contribution in [3.8, 4) is 0 Å². The van der Waals surface area contributed by atoms with Gasteiger partial charge in [0.15, 0.2) is 0 Å². The third-order valence-corrected chi connectivity index (χ3v) is 2.17. The van der Waals surface area contributed by atoms with Crippen LogP contribution in [0.1, 0.15) is 40.0 Å². The number of aliphatic hydroxyl groups is 1. The molecule has 0 aliphatic heterocycles. The molecule has 0 aromatic rings. The van der Waals surface area contributed by atoms with Crippen molar-refractivity contribution in [2.24, 2.45) is 0 Å². The number of rotatable bonds is 6. The van der Waals surface area contributed by atoms with Crippen molar-refractivity contribution in [1.82, 2.24) is 0 Å². The average Bonchev–Trinajstić information content (AvgIpc) is 2.22. The van der Waals surface area contributed by atoms with E-state index in [0.29, 0.717) is 12.0 Å². The third kappa shape index (κ3) is 5.02. The zero-order valence-electron chi connectivity index (χ0n) is 9.25. The van der Waals surface area contributed by atoms with Crippen LogP contribution in [0.25, 0.3) is 0 Å². The van der Waals surface area contributed by atoms with Gasteiger partial charge in [-0.2, -0.15) is 0 Å². The van der Waals surface area contributed by atoms with Gasteiger partial charge in [-0.05, 0) is 33.1 Å². The Morgan fingerprint density at radius 3 is 2.64 bits per heavy atom. The highest BCUT2D eigenvalue weighted by molar-refractivity contribution is 5.87. The molecule has 1 N–H and O–H groups in total. The lowest BCUT2D eigenvalue weighted by molar-refractivity contribution is -0.144. The number of esters is 1. The van der Waals surface area contributed by atoms with Gasteiger partial charge in [0.2, 0.25) is 0 Å². The molecule has 0 fully saturated rings. The highest BCUT2D eigenvalue weighted by atomic mass is 16.5. The topological polar surface area (TPSA) is 46.5 Å². The van der Waals surface area contributed by atoms with E-state index in [0.717, 1.165) is 12.8 Å². The SMILES string of the molecule is CC=C(C)C(=O)OC(CC)CCCO. The van der Waals surface area contributed by atoms with Gasteiger partial charge in [-0.3, -0.25) is 0 Å². The van der Waals surface area contributed by atoms with Gasteiger partial charge in [-0.15, -0.1) is 0 Å². The van der Waals surface area contributed by atoms with E-state index >= 15 is 0 Å². The van der Waals surface area contributed by atoms with E-state index in [1.807, 2.05) is 13.8 Å². The van der Waals surface area contributed by atoms with Crippen molar-refractivity contribution < 1.29 is 14.6 Å². The summed E-state index contributed by atoms with van der Waals surface area (Å²) >= 11 is 0. The summed E-state index contributed by atoms with van der Waals surface area (Å²) in [7, 11) is 0. The fourth-order valence-electron chi connectivity index (χ4n) is 1.03. The number of allylic oxidation sites excluding steroid dienone is 1. The molecular weight excluding hydrogens is 180 g/mol. The molecule has 0 saturated carbocycles. The van der Waals surface area contributed by atoms with Gasteiger partial charge >= 0.3 is 5.97 Å². The van der Waals surface area contributed by atoms with Gasteiger partial charge in [-0.25, -0.2) is 4.79 Å². The van der Waals surface area contributed by atoms with Crippen molar-refractivity contribution in [3.63, 3.8) is 0 Å². The van der Waals surface area contributed by atoms with E-state index in [2.05, 4.69) is 0 Å². The standard InChI is InChI=1S/C11H20O3/c1-4-9(3)11(13)14-10(5-2)7-6-8-12/h4,10,12H,5-8H2,1-3H3. The first-order valence-corrected chi connectivity index (χ1v) is 5.10. The van der Waals surface area contributed by atoms with Crippen molar-refractivity contribution in [2.75, 3.05) is 6.61 Å². The fourth-order valence-corrected chi connectivity index (χ4v) is 1.03. The lowest BCUT2D eigenvalue weighted by Crippen LogP contribution is -2.18. The Morgan fingerprint density at radius 2 is 2.21 bits per heavy atom. The molecule has 0 bridgehead atoms. The van der Waals surface area contributed by atoms with Crippen molar-refractivity contribution >= 4 is 5.97 Å². The maximum absolute atomic E-state index is 11.4. The van der Waals surface area contributed by atoms with Crippen LogP contribution in [0.3, 0.4) is 0 Å². The van der Waals surface area contributed by atoms with E-state index in [1.54, 1.807) is 13.0 Å². The summed E-state index contributed by atoms with van der Waals surface area (Å²) < 4.78 is 5.24. The quantitative estimate of drug-likeness (QED) is 0.527. The molecule has 3 nitrogen and oxygen atoms in total. The number of aliphatic hydroxyl groups excluding tert-OH is 1. The largest absolute Gasteiger partial charge is 0.459 e. The van der Waals surface area contributed by atoms with Crippen LogP contribution in [0.4, 0.5) is 0 Å². The molecule has 0 radical (unpaired) electrons. The second kappa shape index (κ2) is 7.56. The molecule has 0 spiro atoms. The summed E-state index contributed by atoms with van der Waals surface area (Å²) in [5, 5.41) is 8.65. The highest BCUT2D eigenvalue weighted by Gasteiger charge is 2.12. The van der Waals surface area contributed by atoms with E-state index < -0.39 is 0 Å². The number of carbonyl (C=O) groups excluding carboxylic acids is 1. The first-order valence-electron chi connectivity index (χ1n) is 5.10. The summed E-state index contributed by atoms with van der Waals surface area (Å²) in [5.41, 5.74) is 0.632. The molecule has 3 heteroatoms. The molecule has 0 rings (SSSR count). The Morgan fingerprint density at radius 1 is 1.57 bits per heavy atom. The summed E-state index contributed by atoms with van der Waals surface area (Å²) in [6.45, 7) is 5.67.